The van der Waals surface area contributed by atoms with Gasteiger partial charge in [-0.25, -0.2) is 0 Å². The van der Waals surface area contributed by atoms with Crippen LogP contribution in [0.1, 0.15) is 38.4 Å². The summed E-state index contributed by atoms with van der Waals surface area (Å²) in [6, 6.07) is 5.52. The summed E-state index contributed by atoms with van der Waals surface area (Å²) in [5.74, 6) is 0.226. The first-order chi connectivity index (χ1) is 9.51. The zero-order valence-corrected chi connectivity index (χ0v) is 12.4. The molecule has 0 aliphatic heterocycles. The summed E-state index contributed by atoms with van der Waals surface area (Å²) in [7, 11) is 1.56. The van der Waals surface area contributed by atoms with Crippen molar-refractivity contribution in [3.8, 4) is 5.75 Å². The van der Waals surface area contributed by atoms with Gasteiger partial charge in [0.05, 0.1) is 19.8 Å². The van der Waals surface area contributed by atoms with Crippen molar-refractivity contribution < 1.29 is 14.6 Å². The Morgan fingerprint density at radius 2 is 2.20 bits per heavy atom. The molecule has 20 heavy (non-hydrogen) atoms. The first-order valence-electron chi connectivity index (χ1n) is 6.89. The van der Waals surface area contributed by atoms with Gasteiger partial charge in [0.1, 0.15) is 5.75 Å². The van der Waals surface area contributed by atoms with E-state index in [9.17, 15) is 9.90 Å². The van der Waals surface area contributed by atoms with E-state index < -0.39 is 6.10 Å². The van der Waals surface area contributed by atoms with Gasteiger partial charge in [-0.2, -0.15) is 0 Å². The van der Waals surface area contributed by atoms with Gasteiger partial charge in [-0.15, -0.1) is 0 Å². The third-order valence-electron chi connectivity index (χ3n) is 3.15. The number of nitrogens with zero attached hydrogens (tertiary/aromatic N) is 1. The number of rotatable bonds is 8. The number of primary amides is 1. The molecule has 0 bridgehead atoms. The molecule has 1 rings (SSSR count). The van der Waals surface area contributed by atoms with Crippen molar-refractivity contribution in [1.29, 1.82) is 0 Å². The van der Waals surface area contributed by atoms with Gasteiger partial charge in [0.25, 0.3) is 0 Å². The highest BCUT2D eigenvalue weighted by molar-refractivity contribution is 5.80. The van der Waals surface area contributed by atoms with E-state index in [0.717, 1.165) is 18.5 Å². The molecule has 0 aliphatic carbocycles. The predicted molar refractivity (Wildman–Crippen MR) is 79.9 cm³/mol. The van der Waals surface area contributed by atoms with Crippen LogP contribution in [0.5, 0.6) is 5.75 Å². The highest BCUT2D eigenvalue weighted by Crippen LogP contribution is 2.34. The largest absolute Gasteiger partial charge is 0.496 e. The maximum atomic E-state index is 11.3. The Morgan fingerprint density at radius 3 is 2.70 bits per heavy atom. The Balaban J connectivity index is 3.19. The quantitative estimate of drug-likeness (QED) is 0.762. The molecule has 5 nitrogen and oxygen atoms in total. The smallest absolute Gasteiger partial charge is 0.236 e. The molecule has 1 atom stereocenters. The lowest BCUT2D eigenvalue weighted by atomic mass is 10.1. The molecule has 1 aromatic rings. The number of aliphatic hydroxyl groups is 1. The number of carbonyl (C=O) groups is 1. The fourth-order valence-electron chi connectivity index (χ4n) is 2.23. The molecule has 5 heteroatoms. The molecule has 0 fully saturated rings. The monoisotopic (exact) mass is 280 g/mol. The van der Waals surface area contributed by atoms with E-state index in [0.29, 0.717) is 17.9 Å². The van der Waals surface area contributed by atoms with Crippen LogP contribution < -0.4 is 15.4 Å². The van der Waals surface area contributed by atoms with Crippen molar-refractivity contribution in [3.63, 3.8) is 0 Å². The maximum Gasteiger partial charge on any atom is 0.236 e. The molecular formula is C15H24N2O3. The van der Waals surface area contributed by atoms with E-state index in [4.69, 9.17) is 10.5 Å². The lowest BCUT2D eigenvalue weighted by molar-refractivity contribution is -0.116. The first kappa shape index (κ1) is 16.3. The van der Waals surface area contributed by atoms with Crippen LogP contribution in [0.15, 0.2) is 18.2 Å². The molecule has 0 heterocycles. The summed E-state index contributed by atoms with van der Waals surface area (Å²) in [6.45, 7) is 4.62. The molecule has 0 radical (unpaired) electrons. The van der Waals surface area contributed by atoms with Crippen LogP contribution >= 0.6 is 0 Å². The van der Waals surface area contributed by atoms with E-state index >= 15 is 0 Å². The maximum absolute atomic E-state index is 11.3. The van der Waals surface area contributed by atoms with Gasteiger partial charge >= 0.3 is 0 Å². The number of methoxy groups -OCH3 is 1. The van der Waals surface area contributed by atoms with Crippen LogP contribution in [-0.2, 0) is 4.79 Å². The molecule has 3 N–H and O–H groups in total. The number of ether oxygens (including phenoxy) is 1. The van der Waals surface area contributed by atoms with Crippen molar-refractivity contribution in [2.45, 2.75) is 32.8 Å². The fourth-order valence-corrected chi connectivity index (χ4v) is 2.23. The summed E-state index contributed by atoms with van der Waals surface area (Å²) in [5, 5.41) is 10.0. The highest BCUT2D eigenvalue weighted by atomic mass is 16.5. The predicted octanol–water partition coefficient (Wildman–Crippen LogP) is 1.84. The van der Waals surface area contributed by atoms with E-state index in [2.05, 4.69) is 6.92 Å². The number of nitrogens with two attached hydrogens (primary N) is 1. The van der Waals surface area contributed by atoms with Gasteiger partial charge in [0.15, 0.2) is 0 Å². The fraction of sp³-hybridized carbons (Fsp3) is 0.533. The minimum Gasteiger partial charge on any atom is -0.496 e. The average molecular weight is 280 g/mol. The number of aliphatic hydroxyl groups excluding tert-OH is 1. The van der Waals surface area contributed by atoms with Gasteiger partial charge in [-0.3, -0.25) is 4.79 Å². The minimum atomic E-state index is -0.682. The molecule has 0 saturated heterocycles. The Bertz CT molecular complexity index is 447. The second-order valence-electron chi connectivity index (χ2n) is 4.81. The molecular weight excluding hydrogens is 256 g/mol. The summed E-state index contributed by atoms with van der Waals surface area (Å²) in [6.07, 6.45) is 1.28. The average Bonchev–Trinajstić information content (AvgIpc) is 2.41. The van der Waals surface area contributed by atoms with Gasteiger partial charge in [-0.1, -0.05) is 19.4 Å². The molecule has 0 spiro atoms. The number of hydrogen-bond acceptors (Lipinski definition) is 4. The Kier molecular flexibility index (Phi) is 6.31. The van der Waals surface area contributed by atoms with Crippen molar-refractivity contribution in [3.05, 3.63) is 23.8 Å². The number of unbranched alkanes of at least 4 members (excludes halogenated alkanes) is 1. The summed E-state index contributed by atoms with van der Waals surface area (Å²) in [5.41, 5.74) is 6.81. The molecule has 1 aromatic carbocycles. The second kappa shape index (κ2) is 7.75. The lowest BCUT2D eigenvalue weighted by Crippen LogP contribution is -2.35. The molecule has 1 amide bonds. The summed E-state index contributed by atoms with van der Waals surface area (Å²) >= 11 is 0. The third-order valence-corrected chi connectivity index (χ3v) is 3.15. The number of hydrogen-bond donors (Lipinski definition) is 2. The summed E-state index contributed by atoms with van der Waals surface area (Å²) < 4.78 is 5.30. The van der Waals surface area contributed by atoms with Crippen LogP contribution in [0, 0.1) is 0 Å². The number of carbonyl (C=O) groups excluding carboxylic acids is 1. The van der Waals surface area contributed by atoms with Crippen molar-refractivity contribution in [1.82, 2.24) is 0 Å². The Labute approximate surface area is 120 Å². The third kappa shape index (κ3) is 4.13. The SMILES string of the molecule is CCCCN(CC(N)=O)c1cccc(OC)c1[C@@H](C)O. The second-order valence-corrected chi connectivity index (χ2v) is 4.81. The summed E-state index contributed by atoms with van der Waals surface area (Å²) in [4.78, 5) is 13.2. The molecule has 0 aromatic heterocycles. The van der Waals surface area contributed by atoms with Gasteiger partial charge < -0.3 is 20.5 Å². The normalized spacial score (nSPS) is 12.0. The number of benzene rings is 1. The lowest BCUT2D eigenvalue weighted by Gasteiger charge is -2.27. The van der Waals surface area contributed by atoms with E-state index in [1.54, 1.807) is 20.1 Å². The van der Waals surface area contributed by atoms with Crippen molar-refractivity contribution >= 4 is 11.6 Å². The number of amides is 1. The van der Waals surface area contributed by atoms with E-state index in [1.807, 2.05) is 17.0 Å². The van der Waals surface area contributed by atoms with Crippen LogP contribution in [0.25, 0.3) is 0 Å². The van der Waals surface area contributed by atoms with Gasteiger partial charge in [0.2, 0.25) is 5.91 Å². The van der Waals surface area contributed by atoms with Gasteiger partial charge in [-0.05, 0) is 25.5 Å². The van der Waals surface area contributed by atoms with Crippen molar-refractivity contribution in [2.75, 3.05) is 25.1 Å². The molecule has 0 aliphatic rings. The molecule has 112 valence electrons. The minimum absolute atomic E-state index is 0.132. The zero-order chi connectivity index (χ0) is 15.1. The van der Waals surface area contributed by atoms with Crippen LogP contribution in [0.3, 0.4) is 0 Å². The van der Waals surface area contributed by atoms with Crippen LogP contribution in [0.2, 0.25) is 0 Å². The van der Waals surface area contributed by atoms with Crippen molar-refractivity contribution in [2.24, 2.45) is 5.73 Å². The topological polar surface area (TPSA) is 75.8 Å². The van der Waals surface area contributed by atoms with Crippen LogP contribution in [-0.4, -0.2) is 31.2 Å². The molecule has 0 saturated carbocycles. The highest BCUT2D eigenvalue weighted by Gasteiger charge is 2.19. The van der Waals surface area contributed by atoms with Gasteiger partial charge in [0, 0.05) is 17.8 Å². The van der Waals surface area contributed by atoms with E-state index in [-0.39, 0.29) is 12.5 Å². The molecule has 0 unspecified atom stereocenters. The van der Waals surface area contributed by atoms with E-state index in [1.165, 1.54) is 0 Å². The standard InChI is InChI=1S/C15H24N2O3/c1-4-5-9-17(10-14(16)19)12-7-6-8-13(20-3)15(12)11(2)18/h6-8,11,18H,4-5,9-10H2,1-3H3,(H2,16,19)/t11-/m1/s1. The number of anilines is 1. The Morgan fingerprint density at radius 1 is 1.50 bits per heavy atom. The Hall–Kier alpha value is -1.75. The first-order valence-corrected chi connectivity index (χ1v) is 6.89. The zero-order valence-electron chi connectivity index (χ0n) is 12.4. The van der Waals surface area contributed by atoms with Crippen LogP contribution in [0.4, 0.5) is 5.69 Å².